The highest BCUT2D eigenvalue weighted by atomic mass is 19.1. The number of aromatic hydroxyl groups is 1. The fourth-order valence-electron chi connectivity index (χ4n) is 3.33. The average Bonchev–Trinajstić information content (AvgIpc) is 3.39. The molecule has 3 aromatic heterocycles. The summed E-state index contributed by atoms with van der Waals surface area (Å²) >= 11 is 0. The Morgan fingerprint density at radius 1 is 1.20 bits per heavy atom. The molecule has 4 aromatic rings. The molecule has 5 rings (SSSR count). The van der Waals surface area contributed by atoms with Crippen LogP contribution < -0.4 is 10.2 Å². The number of anilines is 1. The first-order valence-electron chi connectivity index (χ1n) is 9.20. The van der Waals surface area contributed by atoms with E-state index in [4.69, 9.17) is 4.42 Å². The molecule has 2 amide bonds. The lowest BCUT2D eigenvalue weighted by Gasteiger charge is -2.17. The Morgan fingerprint density at radius 3 is 2.80 bits per heavy atom. The zero-order valence-corrected chi connectivity index (χ0v) is 15.5. The van der Waals surface area contributed by atoms with Crippen molar-refractivity contribution in [1.29, 1.82) is 0 Å². The van der Waals surface area contributed by atoms with Gasteiger partial charge in [-0.1, -0.05) is 12.1 Å². The third kappa shape index (κ3) is 3.08. The number of aromatic nitrogens is 4. The molecule has 0 bridgehead atoms. The maximum atomic E-state index is 13.1. The van der Waals surface area contributed by atoms with Gasteiger partial charge >= 0.3 is 6.03 Å². The summed E-state index contributed by atoms with van der Waals surface area (Å²) < 4.78 is 18.8. The quantitative estimate of drug-likeness (QED) is 0.535. The van der Waals surface area contributed by atoms with Gasteiger partial charge in [-0.25, -0.2) is 14.2 Å². The van der Waals surface area contributed by atoms with Crippen molar-refractivity contribution >= 4 is 22.8 Å². The second kappa shape index (κ2) is 7.07. The number of benzene rings is 1. The van der Waals surface area contributed by atoms with Gasteiger partial charge in [0.05, 0.1) is 6.42 Å². The van der Waals surface area contributed by atoms with Gasteiger partial charge in [0.2, 0.25) is 5.89 Å². The van der Waals surface area contributed by atoms with Crippen LogP contribution in [0.25, 0.3) is 22.5 Å². The Labute approximate surface area is 169 Å². The van der Waals surface area contributed by atoms with Crippen LogP contribution in [-0.2, 0) is 6.42 Å². The van der Waals surface area contributed by atoms with E-state index in [1.54, 1.807) is 24.3 Å². The highest BCUT2D eigenvalue weighted by molar-refractivity contribution is 6.04. The second-order valence-electron chi connectivity index (χ2n) is 6.72. The number of fused-ring (bicyclic) bond motifs is 1. The van der Waals surface area contributed by atoms with Crippen molar-refractivity contribution in [3.05, 3.63) is 59.9 Å². The molecular weight excluding hydrogens is 391 g/mol. The van der Waals surface area contributed by atoms with E-state index in [-0.39, 0.29) is 40.6 Å². The highest BCUT2D eigenvalue weighted by Crippen LogP contribution is 2.37. The van der Waals surface area contributed by atoms with E-state index in [2.05, 4.69) is 25.5 Å². The molecule has 0 aliphatic carbocycles. The van der Waals surface area contributed by atoms with Gasteiger partial charge < -0.3 is 14.8 Å². The summed E-state index contributed by atoms with van der Waals surface area (Å²) in [5.74, 6) is 0.0729. The molecule has 30 heavy (non-hydrogen) atoms. The molecule has 0 atom stereocenters. The molecule has 0 saturated carbocycles. The molecule has 1 aromatic carbocycles. The lowest BCUT2D eigenvalue weighted by Crippen LogP contribution is -2.28. The number of hydrogen-bond acceptors (Lipinski definition) is 7. The Bertz CT molecular complexity index is 1260. The fourth-order valence-corrected chi connectivity index (χ4v) is 3.33. The van der Waals surface area contributed by atoms with Crippen LogP contribution in [0.5, 0.6) is 5.75 Å². The molecule has 1 aliphatic heterocycles. The van der Waals surface area contributed by atoms with Crippen LogP contribution in [0.1, 0.15) is 11.5 Å². The highest BCUT2D eigenvalue weighted by Gasteiger charge is 2.28. The fraction of sp³-hybridized carbons (Fsp3) is 0.150. The summed E-state index contributed by atoms with van der Waals surface area (Å²) in [6.07, 6.45) is 1.83. The van der Waals surface area contributed by atoms with Gasteiger partial charge in [0.15, 0.2) is 11.4 Å². The Morgan fingerprint density at radius 2 is 2.03 bits per heavy atom. The van der Waals surface area contributed by atoms with Crippen molar-refractivity contribution in [2.45, 2.75) is 6.42 Å². The van der Waals surface area contributed by atoms with E-state index in [1.165, 1.54) is 23.2 Å². The van der Waals surface area contributed by atoms with Gasteiger partial charge in [0.25, 0.3) is 5.89 Å². The van der Waals surface area contributed by atoms with Crippen molar-refractivity contribution in [3.8, 4) is 17.3 Å². The van der Waals surface area contributed by atoms with Crippen LogP contribution >= 0.6 is 0 Å². The second-order valence-corrected chi connectivity index (χ2v) is 6.72. The lowest BCUT2D eigenvalue weighted by atomic mass is 10.1. The molecule has 0 spiro atoms. The predicted octanol–water partition coefficient (Wildman–Crippen LogP) is 2.64. The number of hydrogen-bond donors (Lipinski definition) is 2. The Kier molecular flexibility index (Phi) is 4.24. The minimum Gasteiger partial charge on any atom is -0.504 e. The average molecular weight is 406 g/mol. The van der Waals surface area contributed by atoms with Gasteiger partial charge in [-0.05, 0) is 29.8 Å². The molecule has 10 heteroatoms. The maximum Gasteiger partial charge on any atom is 0.323 e. The summed E-state index contributed by atoms with van der Waals surface area (Å²) in [4.78, 5) is 22.4. The molecule has 150 valence electrons. The molecule has 1 saturated heterocycles. The normalized spacial score (nSPS) is 13.8. The van der Waals surface area contributed by atoms with Crippen LogP contribution in [-0.4, -0.2) is 44.4 Å². The molecular formula is C20H15FN6O3. The van der Waals surface area contributed by atoms with E-state index in [9.17, 15) is 14.3 Å². The van der Waals surface area contributed by atoms with Gasteiger partial charge in [-0.2, -0.15) is 0 Å². The van der Waals surface area contributed by atoms with Gasteiger partial charge in [-0.15, -0.1) is 10.2 Å². The number of nitrogens with one attached hydrogen (secondary N) is 1. The van der Waals surface area contributed by atoms with E-state index < -0.39 is 0 Å². The molecule has 1 aliphatic rings. The smallest absolute Gasteiger partial charge is 0.323 e. The van der Waals surface area contributed by atoms with Crippen LogP contribution in [0, 0.1) is 5.82 Å². The Balaban J connectivity index is 1.57. The van der Waals surface area contributed by atoms with Crippen molar-refractivity contribution < 1.29 is 18.7 Å². The van der Waals surface area contributed by atoms with E-state index in [0.717, 1.165) is 5.56 Å². The van der Waals surface area contributed by atoms with Crippen LogP contribution in [0.4, 0.5) is 15.0 Å². The topological polar surface area (TPSA) is 117 Å². The molecule has 2 N–H and O–H groups in total. The summed E-state index contributed by atoms with van der Waals surface area (Å²) in [6.45, 7) is 0.917. The lowest BCUT2D eigenvalue weighted by molar-refractivity contribution is 0.252. The first-order valence-corrected chi connectivity index (χ1v) is 9.20. The zero-order chi connectivity index (χ0) is 20.7. The summed E-state index contributed by atoms with van der Waals surface area (Å²) in [7, 11) is 0. The predicted molar refractivity (Wildman–Crippen MR) is 104 cm³/mol. The van der Waals surface area contributed by atoms with Crippen LogP contribution in [0.3, 0.4) is 0 Å². The number of amides is 2. The number of halogens is 1. The number of carbonyl (C=O) groups excluding carboxylic acids is 1. The minimum absolute atomic E-state index is 0.00183. The maximum absolute atomic E-state index is 13.1. The van der Waals surface area contributed by atoms with Crippen molar-refractivity contribution in [2.24, 2.45) is 0 Å². The molecule has 9 nitrogen and oxygen atoms in total. The van der Waals surface area contributed by atoms with E-state index in [1.807, 2.05) is 0 Å². The summed E-state index contributed by atoms with van der Waals surface area (Å²) in [5, 5.41) is 22.0. The number of pyridine rings is 2. The molecule has 0 unspecified atom stereocenters. The molecule has 4 heterocycles. The standard InChI is InChI=1S/C20H15FN6O3/c21-12-5-3-11(4-6-12)10-14-25-26-19(30-14)16-17(28)15-13(2-1-7-22-15)18(24-16)27-9-8-23-20(27)29/h1-7,28H,8-10H2,(H,23,29). The van der Waals surface area contributed by atoms with Crippen molar-refractivity contribution in [3.63, 3.8) is 0 Å². The summed E-state index contributed by atoms with van der Waals surface area (Å²) in [5.41, 5.74) is 1.10. The first kappa shape index (κ1) is 18.0. The first-order chi connectivity index (χ1) is 14.6. The Hall–Kier alpha value is -4.08. The minimum atomic E-state index is -0.332. The SMILES string of the molecule is O=C1NCCN1c1nc(-c2nnc(Cc3ccc(F)cc3)o2)c(O)c2ncccc12. The zero-order valence-electron chi connectivity index (χ0n) is 15.5. The monoisotopic (exact) mass is 406 g/mol. The summed E-state index contributed by atoms with van der Waals surface area (Å²) in [6, 6.07) is 9.09. The third-order valence-corrected chi connectivity index (χ3v) is 4.77. The molecule has 0 radical (unpaired) electrons. The number of rotatable bonds is 4. The number of nitrogens with zero attached hydrogens (tertiary/aromatic N) is 5. The van der Waals surface area contributed by atoms with Crippen LogP contribution in [0.15, 0.2) is 47.0 Å². The molecule has 1 fully saturated rings. The van der Waals surface area contributed by atoms with Gasteiger partial charge in [0, 0.05) is 24.7 Å². The van der Waals surface area contributed by atoms with Gasteiger partial charge in [0.1, 0.15) is 17.2 Å². The van der Waals surface area contributed by atoms with Crippen LogP contribution in [0.2, 0.25) is 0 Å². The largest absolute Gasteiger partial charge is 0.504 e. The van der Waals surface area contributed by atoms with E-state index >= 15 is 0 Å². The van der Waals surface area contributed by atoms with E-state index in [0.29, 0.717) is 30.7 Å². The third-order valence-electron chi connectivity index (χ3n) is 4.77. The number of carbonyl (C=O) groups is 1. The number of urea groups is 1. The van der Waals surface area contributed by atoms with Gasteiger partial charge in [-0.3, -0.25) is 9.88 Å². The van der Waals surface area contributed by atoms with Crippen molar-refractivity contribution in [1.82, 2.24) is 25.5 Å². The van der Waals surface area contributed by atoms with Crippen molar-refractivity contribution in [2.75, 3.05) is 18.0 Å².